The van der Waals surface area contributed by atoms with Gasteiger partial charge in [-0.1, -0.05) is 30.0 Å². The van der Waals surface area contributed by atoms with E-state index in [1.165, 1.54) is 18.5 Å². The highest BCUT2D eigenvalue weighted by Crippen LogP contribution is 2.13. The third-order valence-corrected chi connectivity index (χ3v) is 3.93. The second-order valence-corrected chi connectivity index (χ2v) is 6.43. The van der Waals surface area contributed by atoms with E-state index in [0.29, 0.717) is 0 Å². The van der Waals surface area contributed by atoms with E-state index in [9.17, 15) is 8.42 Å². The van der Waals surface area contributed by atoms with Crippen molar-refractivity contribution in [1.29, 1.82) is 0 Å². The molecule has 22 heavy (non-hydrogen) atoms. The Bertz CT molecular complexity index is 812. The quantitative estimate of drug-likeness (QED) is 0.497. The molecule has 4 nitrogen and oxygen atoms in total. The highest BCUT2D eigenvalue weighted by atomic mass is 32.2. The molecule has 0 heterocycles. The predicted octanol–water partition coefficient (Wildman–Crippen LogP) is 2.37. The van der Waals surface area contributed by atoms with E-state index >= 15 is 0 Å². The van der Waals surface area contributed by atoms with Crippen LogP contribution in [-0.4, -0.2) is 33.8 Å². The smallest absolute Gasteiger partial charge is 0.283 e. The first-order valence-electron chi connectivity index (χ1n) is 6.61. The minimum absolute atomic E-state index is 0.149. The van der Waals surface area contributed by atoms with E-state index < -0.39 is 10.0 Å². The molecule has 0 amide bonds. The van der Waals surface area contributed by atoms with Gasteiger partial charge in [-0.25, -0.2) is 0 Å². The minimum Gasteiger partial charge on any atom is -0.368 e. The maximum Gasteiger partial charge on any atom is 0.283 e. The highest BCUT2D eigenvalue weighted by Gasteiger charge is 2.11. The number of sulfonamides is 1. The molecule has 2 aromatic carbocycles. The molecule has 2 aromatic rings. The van der Waals surface area contributed by atoms with Crippen LogP contribution in [0.25, 0.3) is 0 Å². The molecule has 5 heteroatoms. The maximum atomic E-state index is 12.0. The summed E-state index contributed by atoms with van der Waals surface area (Å²) in [7, 11) is -0.240. The SMILES string of the molecule is CN(C)/C=N/S(=O)(=O)c1ccc(C#Cc2ccccc2)cc1. The van der Waals surface area contributed by atoms with Crippen LogP contribution in [0.2, 0.25) is 0 Å². The summed E-state index contributed by atoms with van der Waals surface area (Å²) in [6, 6.07) is 16.0. The lowest BCUT2D eigenvalue weighted by Gasteiger charge is -2.03. The topological polar surface area (TPSA) is 49.7 Å². The molecule has 0 aliphatic heterocycles. The Labute approximate surface area is 131 Å². The van der Waals surface area contributed by atoms with Crippen LogP contribution in [-0.2, 0) is 10.0 Å². The van der Waals surface area contributed by atoms with Gasteiger partial charge in [0.25, 0.3) is 10.0 Å². The molecule has 0 saturated heterocycles. The Morgan fingerprint density at radius 2 is 1.45 bits per heavy atom. The molecular formula is C17H16N2O2S. The molecule has 0 atom stereocenters. The Kier molecular flexibility index (Phi) is 4.97. The zero-order valence-corrected chi connectivity index (χ0v) is 13.2. The van der Waals surface area contributed by atoms with Gasteiger partial charge in [0, 0.05) is 25.2 Å². The van der Waals surface area contributed by atoms with Crippen LogP contribution in [0.5, 0.6) is 0 Å². The summed E-state index contributed by atoms with van der Waals surface area (Å²) in [6.07, 6.45) is 1.26. The van der Waals surface area contributed by atoms with Crippen molar-refractivity contribution >= 4 is 16.4 Å². The van der Waals surface area contributed by atoms with Crippen molar-refractivity contribution in [2.75, 3.05) is 14.1 Å². The fourth-order valence-electron chi connectivity index (χ4n) is 1.59. The first kappa shape index (κ1) is 15.8. The van der Waals surface area contributed by atoms with E-state index in [1.807, 2.05) is 30.3 Å². The number of nitrogens with zero attached hydrogens (tertiary/aromatic N) is 2. The third-order valence-electron chi connectivity index (χ3n) is 2.69. The van der Waals surface area contributed by atoms with Crippen LogP contribution in [0, 0.1) is 11.8 Å². The molecule has 0 radical (unpaired) electrons. The van der Waals surface area contributed by atoms with Crippen LogP contribution in [0.1, 0.15) is 11.1 Å². The van der Waals surface area contributed by atoms with Gasteiger partial charge in [0.2, 0.25) is 0 Å². The Morgan fingerprint density at radius 3 is 2.00 bits per heavy atom. The summed E-state index contributed by atoms with van der Waals surface area (Å²) < 4.78 is 27.5. The minimum atomic E-state index is -3.66. The zero-order chi connectivity index (χ0) is 16.0. The summed E-state index contributed by atoms with van der Waals surface area (Å²) in [5.41, 5.74) is 1.66. The Balaban J connectivity index is 2.20. The van der Waals surface area contributed by atoms with Gasteiger partial charge in [0.05, 0.1) is 4.90 Å². The molecule has 0 N–H and O–H groups in total. The van der Waals surface area contributed by atoms with Crippen LogP contribution in [0.15, 0.2) is 63.9 Å². The van der Waals surface area contributed by atoms with Crippen molar-refractivity contribution in [1.82, 2.24) is 4.90 Å². The lowest BCUT2D eigenvalue weighted by molar-refractivity contribution is 0.595. The van der Waals surface area contributed by atoms with E-state index in [1.54, 1.807) is 31.1 Å². The Hall–Kier alpha value is -2.58. The number of hydrogen-bond donors (Lipinski definition) is 0. The van der Waals surface area contributed by atoms with Crippen LogP contribution in [0.3, 0.4) is 0 Å². The molecule has 0 fully saturated rings. The van der Waals surface area contributed by atoms with Crippen molar-refractivity contribution in [3.8, 4) is 11.8 Å². The molecule has 0 unspecified atom stereocenters. The Morgan fingerprint density at radius 1 is 0.909 bits per heavy atom. The van der Waals surface area contributed by atoms with Crippen molar-refractivity contribution in [2.24, 2.45) is 4.40 Å². The average molecular weight is 312 g/mol. The summed E-state index contributed by atoms with van der Waals surface area (Å²) >= 11 is 0. The predicted molar refractivity (Wildman–Crippen MR) is 88.2 cm³/mol. The third kappa shape index (κ3) is 4.47. The zero-order valence-electron chi connectivity index (χ0n) is 12.4. The fraction of sp³-hybridized carbons (Fsp3) is 0.118. The van der Waals surface area contributed by atoms with Gasteiger partial charge in [0.15, 0.2) is 0 Å². The van der Waals surface area contributed by atoms with E-state index in [4.69, 9.17) is 0 Å². The molecule has 0 saturated carbocycles. The van der Waals surface area contributed by atoms with E-state index in [0.717, 1.165) is 11.1 Å². The van der Waals surface area contributed by atoms with Gasteiger partial charge in [0.1, 0.15) is 6.34 Å². The number of benzene rings is 2. The average Bonchev–Trinajstić information content (AvgIpc) is 2.52. The summed E-state index contributed by atoms with van der Waals surface area (Å²) in [4.78, 5) is 1.72. The normalized spacial score (nSPS) is 11.0. The van der Waals surface area contributed by atoms with Gasteiger partial charge >= 0.3 is 0 Å². The summed E-state index contributed by atoms with van der Waals surface area (Å²) in [5.74, 6) is 6.02. The highest BCUT2D eigenvalue weighted by molar-refractivity contribution is 7.90. The van der Waals surface area contributed by atoms with E-state index in [2.05, 4.69) is 16.2 Å². The molecular weight excluding hydrogens is 296 g/mol. The van der Waals surface area contributed by atoms with Crippen LogP contribution < -0.4 is 0 Å². The largest absolute Gasteiger partial charge is 0.368 e. The first-order chi connectivity index (χ1) is 10.5. The van der Waals surface area contributed by atoms with Crippen molar-refractivity contribution in [2.45, 2.75) is 4.90 Å². The molecule has 0 aromatic heterocycles. The fourth-order valence-corrected chi connectivity index (χ4v) is 2.51. The van der Waals surface area contributed by atoms with Gasteiger partial charge in [-0.15, -0.1) is 4.40 Å². The standard InChI is InChI=1S/C17H16N2O2S/c1-19(2)14-18-22(20,21)17-12-10-16(11-13-17)9-8-15-6-4-3-5-7-15/h3-7,10-14H,1-2H3/b18-14+. The molecule has 0 spiro atoms. The molecule has 2 rings (SSSR count). The van der Waals surface area contributed by atoms with Crippen molar-refractivity contribution in [3.63, 3.8) is 0 Å². The van der Waals surface area contributed by atoms with Gasteiger partial charge in [-0.05, 0) is 36.4 Å². The molecule has 112 valence electrons. The van der Waals surface area contributed by atoms with Crippen molar-refractivity contribution in [3.05, 3.63) is 65.7 Å². The monoisotopic (exact) mass is 312 g/mol. The van der Waals surface area contributed by atoms with Crippen LogP contribution >= 0.6 is 0 Å². The van der Waals surface area contributed by atoms with E-state index in [-0.39, 0.29) is 4.90 Å². The second kappa shape index (κ2) is 6.92. The number of hydrogen-bond acceptors (Lipinski definition) is 2. The van der Waals surface area contributed by atoms with Gasteiger partial charge in [-0.2, -0.15) is 8.42 Å². The van der Waals surface area contributed by atoms with Crippen LogP contribution in [0.4, 0.5) is 0 Å². The summed E-state index contributed by atoms with van der Waals surface area (Å²) in [6.45, 7) is 0. The molecule has 0 bridgehead atoms. The lowest BCUT2D eigenvalue weighted by atomic mass is 10.2. The molecule has 0 aliphatic carbocycles. The summed E-state index contributed by atoms with van der Waals surface area (Å²) in [5, 5.41) is 0. The lowest BCUT2D eigenvalue weighted by Crippen LogP contribution is -2.10. The van der Waals surface area contributed by atoms with Gasteiger partial charge in [-0.3, -0.25) is 0 Å². The first-order valence-corrected chi connectivity index (χ1v) is 8.05. The number of rotatable bonds is 3. The second-order valence-electron chi connectivity index (χ2n) is 4.80. The maximum absolute atomic E-state index is 12.0. The van der Waals surface area contributed by atoms with Gasteiger partial charge < -0.3 is 4.90 Å². The molecule has 0 aliphatic rings. The van der Waals surface area contributed by atoms with Crippen molar-refractivity contribution < 1.29 is 8.42 Å².